The van der Waals surface area contributed by atoms with Gasteiger partial charge in [0.05, 0.1) is 19.2 Å². The molecule has 1 aromatic carbocycles. The minimum Gasteiger partial charge on any atom is -0.497 e. The Morgan fingerprint density at radius 3 is 2.81 bits per heavy atom. The van der Waals surface area contributed by atoms with E-state index in [0.29, 0.717) is 10.8 Å². The molecule has 0 aliphatic heterocycles. The van der Waals surface area contributed by atoms with Crippen molar-refractivity contribution in [1.29, 1.82) is 0 Å². The average Bonchev–Trinajstić information content (AvgIpc) is 2.93. The van der Waals surface area contributed by atoms with Crippen molar-refractivity contribution in [2.45, 2.75) is 6.54 Å². The first-order chi connectivity index (χ1) is 10.0. The van der Waals surface area contributed by atoms with E-state index in [2.05, 4.69) is 10.3 Å². The van der Waals surface area contributed by atoms with Gasteiger partial charge in [0.2, 0.25) is 0 Å². The van der Waals surface area contributed by atoms with Crippen LogP contribution in [0.15, 0.2) is 23.6 Å². The fourth-order valence-corrected chi connectivity index (χ4v) is 2.26. The molecule has 0 radical (unpaired) electrons. The van der Waals surface area contributed by atoms with Gasteiger partial charge in [-0.3, -0.25) is 4.79 Å². The van der Waals surface area contributed by atoms with Crippen LogP contribution < -0.4 is 10.1 Å². The van der Waals surface area contributed by atoms with E-state index >= 15 is 0 Å². The second-order valence-corrected chi connectivity index (χ2v) is 4.90. The van der Waals surface area contributed by atoms with Gasteiger partial charge in [0.25, 0.3) is 5.91 Å². The van der Waals surface area contributed by atoms with Crippen molar-refractivity contribution in [3.8, 4) is 5.75 Å². The van der Waals surface area contributed by atoms with E-state index in [-0.39, 0.29) is 17.8 Å². The van der Waals surface area contributed by atoms with Crippen molar-refractivity contribution in [3.05, 3.63) is 45.7 Å². The fourth-order valence-electron chi connectivity index (χ4n) is 1.55. The molecule has 1 heterocycles. The summed E-state index contributed by atoms with van der Waals surface area (Å²) in [5.41, 5.74) is -0.203. The molecule has 0 saturated carbocycles. The first-order valence-corrected chi connectivity index (χ1v) is 6.68. The highest BCUT2D eigenvalue weighted by atomic mass is 32.1. The summed E-state index contributed by atoms with van der Waals surface area (Å²) in [4.78, 5) is 26.3. The molecule has 0 aliphatic carbocycles. The number of ether oxygens (including phenoxy) is 1. The van der Waals surface area contributed by atoms with Crippen LogP contribution in [0.4, 0.5) is 4.39 Å². The second kappa shape index (κ2) is 6.31. The maximum Gasteiger partial charge on any atom is 0.355 e. The molecule has 110 valence electrons. The Kier molecular flexibility index (Phi) is 4.49. The number of nitrogens with zero attached hydrogens (tertiary/aromatic N) is 1. The molecule has 21 heavy (non-hydrogen) atoms. The zero-order valence-corrected chi connectivity index (χ0v) is 11.7. The van der Waals surface area contributed by atoms with Gasteiger partial charge in [0, 0.05) is 11.4 Å². The number of carboxylic acid groups (broad SMARTS) is 1. The fraction of sp³-hybridized carbons (Fsp3) is 0.154. The smallest absolute Gasteiger partial charge is 0.355 e. The summed E-state index contributed by atoms with van der Waals surface area (Å²) in [5, 5.41) is 13.0. The average molecular weight is 310 g/mol. The number of aromatic nitrogens is 1. The third-order valence-electron chi connectivity index (χ3n) is 2.59. The standard InChI is InChI=1S/C13H11FN2O4S/c1-20-7-2-3-8(9(14)4-7)12(17)15-5-11-16-10(6-21-11)13(18)19/h2-4,6H,5H2,1H3,(H,15,17)(H,18,19). The number of carboxylic acids is 1. The van der Waals surface area contributed by atoms with Gasteiger partial charge in [-0.2, -0.15) is 0 Å². The van der Waals surface area contributed by atoms with E-state index < -0.39 is 17.7 Å². The Balaban J connectivity index is 2.02. The van der Waals surface area contributed by atoms with Crippen LogP contribution in [-0.4, -0.2) is 29.1 Å². The maximum atomic E-state index is 13.7. The lowest BCUT2D eigenvalue weighted by Gasteiger charge is -2.06. The Labute approximate surface area is 123 Å². The van der Waals surface area contributed by atoms with Crippen molar-refractivity contribution in [3.63, 3.8) is 0 Å². The number of carbonyl (C=O) groups excluding carboxylic acids is 1. The molecule has 6 nitrogen and oxygen atoms in total. The summed E-state index contributed by atoms with van der Waals surface area (Å²) < 4.78 is 18.5. The zero-order valence-electron chi connectivity index (χ0n) is 10.9. The molecule has 1 amide bonds. The molecule has 0 spiro atoms. The predicted octanol–water partition coefficient (Wildman–Crippen LogP) is 1.92. The molecule has 2 N–H and O–H groups in total. The van der Waals surface area contributed by atoms with Crippen molar-refractivity contribution >= 4 is 23.2 Å². The summed E-state index contributed by atoms with van der Waals surface area (Å²) in [7, 11) is 1.40. The molecule has 1 aromatic heterocycles. The minimum absolute atomic E-state index is 0.0300. The quantitative estimate of drug-likeness (QED) is 0.881. The van der Waals surface area contributed by atoms with Gasteiger partial charge >= 0.3 is 5.97 Å². The number of halogens is 1. The highest BCUT2D eigenvalue weighted by Crippen LogP contribution is 2.16. The van der Waals surface area contributed by atoms with Gasteiger partial charge < -0.3 is 15.2 Å². The largest absolute Gasteiger partial charge is 0.497 e. The highest BCUT2D eigenvalue weighted by molar-refractivity contribution is 7.09. The second-order valence-electron chi connectivity index (χ2n) is 3.96. The molecule has 8 heteroatoms. The number of aromatic carboxylic acids is 1. The molecule has 0 fully saturated rings. The maximum absolute atomic E-state index is 13.7. The van der Waals surface area contributed by atoms with Crippen molar-refractivity contribution in [1.82, 2.24) is 10.3 Å². The summed E-state index contributed by atoms with van der Waals surface area (Å²) in [6, 6.07) is 3.90. The molecule has 2 rings (SSSR count). The van der Waals surface area contributed by atoms with E-state index in [1.807, 2.05) is 0 Å². The van der Waals surface area contributed by atoms with Gasteiger partial charge in [0.1, 0.15) is 16.6 Å². The van der Waals surface area contributed by atoms with Crippen molar-refractivity contribution in [2.24, 2.45) is 0 Å². The van der Waals surface area contributed by atoms with Crippen LogP contribution in [0.25, 0.3) is 0 Å². The Morgan fingerprint density at radius 1 is 1.48 bits per heavy atom. The van der Waals surface area contributed by atoms with E-state index in [1.54, 1.807) is 0 Å². The lowest BCUT2D eigenvalue weighted by molar-refractivity contribution is 0.0691. The third-order valence-corrected chi connectivity index (χ3v) is 3.44. The molecule has 2 aromatic rings. The van der Waals surface area contributed by atoms with Gasteiger partial charge in [-0.25, -0.2) is 14.2 Å². The number of methoxy groups -OCH3 is 1. The minimum atomic E-state index is -1.13. The molecule has 0 unspecified atom stereocenters. The molecule has 0 saturated heterocycles. The van der Waals surface area contributed by atoms with Crippen LogP contribution in [0.2, 0.25) is 0 Å². The van der Waals surface area contributed by atoms with Crippen LogP contribution in [-0.2, 0) is 6.54 Å². The van der Waals surface area contributed by atoms with Gasteiger partial charge in [-0.15, -0.1) is 11.3 Å². The number of rotatable bonds is 5. The van der Waals surface area contributed by atoms with E-state index in [4.69, 9.17) is 9.84 Å². The Hall–Kier alpha value is -2.48. The molecular weight excluding hydrogens is 299 g/mol. The monoisotopic (exact) mass is 310 g/mol. The van der Waals surface area contributed by atoms with E-state index in [0.717, 1.165) is 17.4 Å². The number of nitrogens with one attached hydrogen (secondary N) is 1. The number of thiazole rings is 1. The van der Waals surface area contributed by atoms with Crippen LogP contribution in [0.1, 0.15) is 25.9 Å². The van der Waals surface area contributed by atoms with Crippen LogP contribution in [0.5, 0.6) is 5.75 Å². The SMILES string of the molecule is COc1ccc(C(=O)NCc2nc(C(=O)O)cs2)c(F)c1. The third kappa shape index (κ3) is 3.54. The molecule has 0 bridgehead atoms. The lowest BCUT2D eigenvalue weighted by atomic mass is 10.2. The summed E-state index contributed by atoms with van der Waals surface area (Å²) >= 11 is 1.10. The summed E-state index contributed by atoms with van der Waals surface area (Å²) in [6.07, 6.45) is 0. The van der Waals surface area contributed by atoms with Gasteiger partial charge in [-0.05, 0) is 12.1 Å². The number of hydrogen-bond donors (Lipinski definition) is 2. The van der Waals surface area contributed by atoms with Crippen molar-refractivity contribution in [2.75, 3.05) is 7.11 Å². The summed E-state index contributed by atoms with van der Waals surface area (Å²) in [5.74, 6) is -2.13. The Bertz CT molecular complexity index is 687. The number of hydrogen-bond acceptors (Lipinski definition) is 5. The summed E-state index contributed by atoms with van der Waals surface area (Å²) in [6.45, 7) is 0.0300. The number of amides is 1. The molecular formula is C13H11FN2O4S. The lowest BCUT2D eigenvalue weighted by Crippen LogP contribution is -2.23. The first kappa shape index (κ1) is 14.9. The molecule has 0 aliphatic rings. The van der Waals surface area contributed by atoms with E-state index in [1.165, 1.54) is 24.6 Å². The highest BCUT2D eigenvalue weighted by Gasteiger charge is 2.14. The van der Waals surface area contributed by atoms with E-state index in [9.17, 15) is 14.0 Å². The molecule has 0 atom stereocenters. The van der Waals surface area contributed by atoms with Gasteiger partial charge in [-0.1, -0.05) is 0 Å². The Morgan fingerprint density at radius 2 is 2.24 bits per heavy atom. The zero-order chi connectivity index (χ0) is 15.4. The predicted molar refractivity (Wildman–Crippen MR) is 73.2 cm³/mol. The number of benzene rings is 1. The first-order valence-electron chi connectivity index (χ1n) is 5.80. The van der Waals surface area contributed by atoms with Crippen LogP contribution in [0, 0.1) is 5.82 Å². The number of carbonyl (C=O) groups is 2. The topological polar surface area (TPSA) is 88.5 Å². The van der Waals surface area contributed by atoms with Crippen LogP contribution in [0.3, 0.4) is 0 Å². The van der Waals surface area contributed by atoms with Crippen LogP contribution >= 0.6 is 11.3 Å². The van der Waals surface area contributed by atoms with Crippen molar-refractivity contribution < 1.29 is 23.8 Å². The van der Waals surface area contributed by atoms with Gasteiger partial charge in [0.15, 0.2) is 5.69 Å². The normalized spacial score (nSPS) is 10.2.